The number of nitriles is 1. The van der Waals surface area contributed by atoms with E-state index in [0.29, 0.717) is 47.0 Å². The van der Waals surface area contributed by atoms with Crippen molar-refractivity contribution in [3.8, 4) is 11.8 Å². The molecule has 4 rings (SSSR count). The third kappa shape index (κ3) is 6.22. The molecule has 3 N–H and O–H groups in total. The minimum absolute atomic E-state index is 0.0462. The highest BCUT2D eigenvalue weighted by Crippen LogP contribution is 2.44. The highest BCUT2D eigenvalue weighted by molar-refractivity contribution is 8.03. The number of ketones is 1. The maximum atomic E-state index is 13.0. The van der Waals surface area contributed by atoms with E-state index in [1.807, 2.05) is 31.2 Å². The van der Waals surface area contributed by atoms with Crippen LogP contribution in [0.15, 0.2) is 70.4 Å². The number of anilines is 2. The summed E-state index contributed by atoms with van der Waals surface area (Å²) in [6.07, 6.45) is 1.91. The van der Waals surface area contributed by atoms with Crippen molar-refractivity contribution < 1.29 is 19.1 Å². The number of Topliss-reactive ketones (excluding diaryl/α,β-unsaturated/α-hetero) is 1. The highest BCUT2D eigenvalue weighted by atomic mass is 32.2. The van der Waals surface area contributed by atoms with Gasteiger partial charge in [0.1, 0.15) is 5.75 Å². The van der Waals surface area contributed by atoms with E-state index in [1.54, 1.807) is 24.3 Å². The fraction of sp³-hybridized carbons (Fsp3) is 0.286. The number of ether oxygens (including phenoxy) is 1. The Bertz CT molecular complexity index is 1310. The van der Waals surface area contributed by atoms with Crippen LogP contribution < -0.4 is 20.7 Å². The molecule has 0 radical (unpaired) electrons. The second-order valence-electron chi connectivity index (χ2n) is 8.68. The van der Waals surface area contributed by atoms with Gasteiger partial charge in [-0.05, 0) is 61.7 Å². The molecular weight excluding hydrogens is 488 g/mol. The maximum absolute atomic E-state index is 13.0. The number of allylic oxidation sites excluding steroid dienone is 3. The van der Waals surface area contributed by atoms with Crippen LogP contribution in [0.4, 0.5) is 11.4 Å². The smallest absolute Gasteiger partial charge is 0.234 e. The van der Waals surface area contributed by atoms with Crippen molar-refractivity contribution in [1.29, 1.82) is 5.26 Å². The summed E-state index contributed by atoms with van der Waals surface area (Å²) in [5, 5.41) is 19.5. The standard InChI is InChI=1S/C28H28N4O4S/c1-3-36-21-13-7-18(8-14-21)26-22(15-29)28(32-23-5-4-6-24(34)27(23)26)37-16-25(35)31-20-11-9-19(10-12-20)30-17(2)33/h7-14,26,32H,3-6,16H2,1-2H3,(H,30,33)(H,31,35)/t26-/m0/s1. The van der Waals surface area contributed by atoms with Crippen LogP contribution in [0, 0.1) is 11.3 Å². The average Bonchev–Trinajstić information content (AvgIpc) is 2.88. The summed E-state index contributed by atoms with van der Waals surface area (Å²) in [5.41, 5.74) is 3.97. The lowest BCUT2D eigenvalue weighted by molar-refractivity contribution is -0.116. The van der Waals surface area contributed by atoms with Gasteiger partial charge in [0.25, 0.3) is 0 Å². The first-order valence-corrected chi connectivity index (χ1v) is 13.1. The second-order valence-corrected chi connectivity index (χ2v) is 9.66. The zero-order valence-corrected chi connectivity index (χ0v) is 21.5. The van der Waals surface area contributed by atoms with Gasteiger partial charge in [0.05, 0.1) is 34.9 Å². The molecule has 1 aliphatic heterocycles. The predicted molar refractivity (Wildman–Crippen MR) is 144 cm³/mol. The molecule has 0 fully saturated rings. The van der Waals surface area contributed by atoms with Gasteiger partial charge < -0.3 is 20.7 Å². The minimum atomic E-state index is -0.489. The van der Waals surface area contributed by atoms with Gasteiger partial charge in [-0.25, -0.2) is 0 Å². The second kappa shape index (κ2) is 11.8. The molecule has 37 heavy (non-hydrogen) atoms. The molecule has 0 bridgehead atoms. The Morgan fingerprint density at radius 3 is 2.38 bits per heavy atom. The number of rotatable bonds is 8. The van der Waals surface area contributed by atoms with Crippen molar-refractivity contribution >= 4 is 40.7 Å². The van der Waals surface area contributed by atoms with Crippen LogP contribution >= 0.6 is 11.8 Å². The van der Waals surface area contributed by atoms with Crippen molar-refractivity contribution in [1.82, 2.24) is 5.32 Å². The van der Waals surface area contributed by atoms with Gasteiger partial charge in [-0.3, -0.25) is 14.4 Å². The number of amides is 2. The first-order valence-electron chi connectivity index (χ1n) is 12.1. The summed E-state index contributed by atoms with van der Waals surface area (Å²) in [6, 6.07) is 16.6. The Hall–Kier alpha value is -4.03. The summed E-state index contributed by atoms with van der Waals surface area (Å²) in [4.78, 5) is 36.8. The number of carbonyl (C=O) groups is 3. The number of nitrogens with zero attached hydrogens (tertiary/aromatic N) is 1. The summed E-state index contributed by atoms with van der Waals surface area (Å²) >= 11 is 1.24. The first kappa shape index (κ1) is 26.0. The summed E-state index contributed by atoms with van der Waals surface area (Å²) in [5.74, 6) is -0.0463. The molecule has 0 saturated heterocycles. The Morgan fingerprint density at radius 1 is 1.08 bits per heavy atom. The zero-order valence-electron chi connectivity index (χ0n) is 20.7. The van der Waals surface area contributed by atoms with Crippen molar-refractivity contribution in [2.24, 2.45) is 0 Å². The number of carbonyl (C=O) groups excluding carboxylic acids is 3. The molecule has 1 atom stereocenters. The lowest BCUT2D eigenvalue weighted by Crippen LogP contribution is -2.31. The number of thioether (sulfide) groups is 1. The van der Waals surface area contributed by atoms with Crippen LogP contribution in [0.5, 0.6) is 5.75 Å². The fourth-order valence-corrected chi connectivity index (χ4v) is 5.33. The van der Waals surface area contributed by atoms with Crippen LogP contribution in [-0.2, 0) is 14.4 Å². The molecule has 0 saturated carbocycles. The summed E-state index contributed by atoms with van der Waals surface area (Å²) in [7, 11) is 0. The molecule has 190 valence electrons. The van der Waals surface area contributed by atoms with E-state index in [4.69, 9.17) is 4.74 Å². The topological polar surface area (TPSA) is 120 Å². The molecule has 2 aromatic carbocycles. The predicted octanol–water partition coefficient (Wildman–Crippen LogP) is 4.84. The third-order valence-electron chi connectivity index (χ3n) is 6.02. The minimum Gasteiger partial charge on any atom is -0.494 e. The van der Waals surface area contributed by atoms with Gasteiger partial charge in [0.2, 0.25) is 11.8 Å². The summed E-state index contributed by atoms with van der Waals surface area (Å²) < 4.78 is 5.55. The number of dihydropyridines is 1. The van der Waals surface area contributed by atoms with Gasteiger partial charge >= 0.3 is 0 Å². The largest absolute Gasteiger partial charge is 0.494 e. The Morgan fingerprint density at radius 2 is 1.76 bits per heavy atom. The average molecular weight is 517 g/mol. The quantitative estimate of drug-likeness (QED) is 0.459. The number of nitrogens with one attached hydrogen (secondary N) is 3. The van der Waals surface area contributed by atoms with E-state index in [9.17, 15) is 19.6 Å². The fourth-order valence-electron chi connectivity index (χ4n) is 4.47. The number of hydrogen-bond acceptors (Lipinski definition) is 7. The molecule has 1 heterocycles. The van der Waals surface area contributed by atoms with Crippen molar-refractivity contribution in [3.05, 3.63) is 76.0 Å². The zero-order chi connectivity index (χ0) is 26.4. The normalized spacial score (nSPS) is 16.9. The molecule has 9 heteroatoms. The molecule has 2 amide bonds. The van der Waals surface area contributed by atoms with Crippen LogP contribution in [0.1, 0.15) is 44.6 Å². The Kier molecular flexibility index (Phi) is 8.31. The molecule has 2 aromatic rings. The SMILES string of the molecule is CCOc1ccc([C@H]2C(C#N)=C(SCC(=O)Nc3ccc(NC(C)=O)cc3)NC3=C2C(=O)CCC3)cc1. The van der Waals surface area contributed by atoms with Gasteiger partial charge in [-0.2, -0.15) is 5.26 Å². The summed E-state index contributed by atoms with van der Waals surface area (Å²) in [6.45, 7) is 3.89. The molecule has 1 aliphatic carbocycles. The highest BCUT2D eigenvalue weighted by Gasteiger charge is 2.37. The van der Waals surface area contributed by atoms with Gasteiger partial charge in [0, 0.05) is 36.0 Å². The van der Waals surface area contributed by atoms with Crippen LogP contribution in [0.3, 0.4) is 0 Å². The molecular formula is C28H28N4O4S. The van der Waals surface area contributed by atoms with Crippen LogP contribution in [0.25, 0.3) is 0 Å². The lowest BCUT2D eigenvalue weighted by atomic mass is 9.77. The monoisotopic (exact) mass is 516 g/mol. The van der Waals surface area contributed by atoms with E-state index in [0.717, 1.165) is 23.4 Å². The Labute approximate surface area is 220 Å². The van der Waals surface area contributed by atoms with Gasteiger partial charge in [0.15, 0.2) is 5.78 Å². The molecule has 0 aromatic heterocycles. The van der Waals surface area contributed by atoms with E-state index < -0.39 is 5.92 Å². The van der Waals surface area contributed by atoms with Crippen molar-refractivity contribution in [2.75, 3.05) is 23.0 Å². The molecule has 0 unspecified atom stereocenters. The Balaban J connectivity index is 1.53. The van der Waals surface area contributed by atoms with E-state index in [1.165, 1.54) is 18.7 Å². The first-order chi connectivity index (χ1) is 17.9. The maximum Gasteiger partial charge on any atom is 0.234 e. The number of hydrogen-bond donors (Lipinski definition) is 3. The van der Waals surface area contributed by atoms with Crippen molar-refractivity contribution in [2.45, 2.75) is 39.0 Å². The number of benzene rings is 2. The van der Waals surface area contributed by atoms with Crippen LogP contribution in [0.2, 0.25) is 0 Å². The van der Waals surface area contributed by atoms with E-state index >= 15 is 0 Å². The third-order valence-corrected chi connectivity index (χ3v) is 7.04. The van der Waals surface area contributed by atoms with Crippen LogP contribution in [-0.4, -0.2) is 30.0 Å². The van der Waals surface area contributed by atoms with E-state index in [2.05, 4.69) is 22.0 Å². The lowest BCUT2D eigenvalue weighted by Gasteiger charge is -2.33. The van der Waals surface area contributed by atoms with Gasteiger partial charge in [-0.15, -0.1) is 0 Å². The molecule has 2 aliphatic rings. The van der Waals surface area contributed by atoms with E-state index in [-0.39, 0.29) is 23.4 Å². The molecule has 8 nitrogen and oxygen atoms in total. The molecule has 0 spiro atoms. The van der Waals surface area contributed by atoms with Crippen molar-refractivity contribution in [3.63, 3.8) is 0 Å². The van der Waals surface area contributed by atoms with Gasteiger partial charge in [-0.1, -0.05) is 23.9 Å².